The summed E-state index contributed by atoms with van der Waals surface area (Å²) >= 11 is 12.0. The Balaban J connectivity index is 1.51. The van der Waals surface area contributed by atoms with E-state index in [4.69, 9.17) is 23.8 Å². The molecule has 0 radical (unpaired) electrons. The summed E-state index contributed by atoms with van der Waals surface area (Å²) in [5.74, 6) is -0.715. The summed E-state index contributed by atoms with van der Waals surface area (Å²) < 4.78 is 39.3. The molecule has 0 saturated carbocycles. The van der Waals surface area contributed by atoms with Crippen LogP contribution in [0, 0.1) is 0 Å². The second kappa shape index (κ2) is 11.0. The van der Waals surface area contributed by atoms with Crippen LogP contribution >= 0.6 is 35.6 Å². The van der Waals surface area contributed by atoms with Crippen LogP contribution < -0.4 is 5.32 Å². The van der Waals surface area contributed by atoms with Crippen LogP contribution in [-0.2, 0) is 15.8 Å². The van der Waals surface area contributed by atoms with E-state index in [0.29, 0.717) is 15.6 Å². The van der Waals surface area contributed by atoms with Gasteiger partial charge >= 0.3 is 6.18 Å². The fraction of sp³-hybridized carbons (Fsp3) is 0.174. The Morgan fingerprint density at radius 1 is 1.18 bits per heavy atom. The van der Waals surface area contributed by atoms with Crippen molar-refractivity contribution in [2.45, 2.75) is 19.0 Å². The summed E-state index contributed by atoms with van der Waals surface area (Å²) in [6, 6.07) is 12.8. The van der Waals surface area contributed by atoms with Gasteiger partial charge < -0.3 is 5.32 Å². The fourth-order valence-electron chi connectivity index (χ4n) is 2.96. The lowest BCUT2D eigenvalue weighted by atomic mass is 10.2. The zero-order chi connectivity index (χ0) is 24.0. The molecule has 3 rings (SSSR count). The smallest absolute Gasteiger partial charge is 0.326 e. The number of anilines is 1. The van der Waals surface area contributed by atoms with Crippen molar-refractivity contribution < 1.29 is 22.8 Å². The second-order valence-electron chi connectivity index (χ2n) is 6.97. The molecule has 0 spiro atoms. The lowest BCUT2D eigenvalue weighted by molar-refractivity contribution is -0.137. The number of alkyl halides is 3. The first-order chi connectivity index (χ1) is 15.6. The van der Waals surface area contributed by atoms with Gasteiger partial charge in [-0.15, -0.1) is 0 Å². The third kappa shape index (κ3) is 6.93. The highest BCUT2D eigenvalue weighted by atomic mass is 35.5. The Morgan fingerprint density at radius 2 is 1.91 bits per heavy atom. The normalized spacial score (nSPS) is 15.6. The number of hydrogen-bond donors (Lipinski definition) is 1. The molecule has 4 nitrogen and oxygen atoms in total. The van der Waals surface area contributed by atoms with Crippen LogP contribution in [0.2, 0.25) is 5.02 Å². The van der Waals surface area contributed by atoms with Crippen molar-refractivity contribution in [1.29, 1.82) is 0 Å². The number of halogens is 4. The largest absolute Gasteiger partial charge is 0.417 e. The number of amides is 2. The molecule has 0 atom stereocenters. The molecule has 0 aliphatic carbocycles. The van der Waals surface area contributed by atoms with Gasteiger partial charge in [-0.25, -0.2) is 0 Å². The van der Waals surface area contributed by atoms with Gasteiger partial charge in [-0.05, 0) is 36.3 Å². The first-order valence-electron chi connectivity index (χ1n) is 9.79. The van der Waals surface area contributed by atoms with Crippen molar-refractivity contribution >= 4 is 63.5 Å². The first kappa shape index (κ1) is 25.0. The summed E-state index contributed by atoms with van der Waals surface area (Å²) in [5.41, 5.74) is -0.0265. The molecular formula is C23H18ClF3N2O2S2. The van der Waals surface area contributed by atoms with E-state index in [1.54, 1.807) is 12.2 Å². The van der Waals surface area contributed by atoms with Gasteiger partial charge in [0.1, 0.15) is 4.32 Å². The second-order valence-corrected chi connectivity index (χ2v) is 9.05. The molecule has 0 aromatic heterocycles. The van der Waals surface area contributed by atoms with Crippen molar-refractivity contribution in [1.82, 2.24) is 4.90 Å². The average Bonchev–Trinajstić information content (AvgIpc) is 3.02. The maximum absolute atomic E-state index is 13.0. The van der Waals surface area contributed by atoms with Crippen molar-refractivity contribution in [2.24, 2.45) is 0 Å². The first-order valence-corrected chi connectivity index (χ1v) is 11.4. The monoisotopic (exact) mass is 510 g/mol. The number of carbonyl (C=O) groups is 2. The number of benzene rings is 2. The Bertz CT molecular complexity index is 1120. The standard InChI is InChI=1S/C23H18ClF3N2O2S2/c24-18-12-11-16(14-17(18)23(25,26)27)28-20(30)10-5-13-29-21(31)19(33-22(29)32)9-4-8-15-6-2-1-3-7-15/h1-4,6-9,11-12,14H,5,10,13H2,(H,28,30)/b8-4+,19-9-. The summed E-state index contributed by atoms with van der Waals surface area (Å²) in [4.78, 5) is 26.6. The van der Waals surface area contributed by atoms with Crippen LogP contribution in [0.15, 0.2) is 65.6 Å². The minimum Gasteiger partial charge on any atom is -0.326 e. The molecule has 2 amide bonds. The Kier molecular flexibility index (Phi) is 8.34. The number of nitrogens with one attached hydrogen (secondary N) is 1. The summed E-state index contributed by atoms with van der Waals surface area (Å²) in [6.07, 6.45) is 1.02. The maximum Gasteiger partial charge on any atom is 0.417 e. The molecule has 33 heavy (non-hydrogen) atoms. The predicted octanol–water partition coefficient (Wildman–Crippen LogP) is 6.54. The van der Waals surface area contributed by atoms with Crippen LogP contribution in [0.1, 0.15) is 24.0 Å². The highest BCUT2D eigenvalue weighted by molar-refractivity contribution is 8.26. The maximum atomic E-state index is 13.0. The predicted molar refractivity (Wildman–Crippen MR) is 130 cm³/mol. The summed E-state index contributed by atoms with van der Waals surface area (Å²) in [7, 11) is 0. The van der Waals surface area contributed by atoms with Gasteiger partial charge in [-0.2, -0.15) is 13.2 Å². The summed E-state index contributed by atoms with van der Waals surface area (Å²) in [6.45, 7) is 0.228. The average molecular weight is 511 g/mol. The number of thiocarbonyl (C=S) groups is 1. The van der Waals surface area contributed by atoms with Crippen LogP contribution in [-0.4, -0.2) is 27.6 Å². The van der Waals surface area contributed by atoms with Crippen molar-refractivity contribution in [2.75, 3.05) is 11.9 Å². The number of thioether (sulfide) groups is 1. The van der Waals surface area contributed by atoms with Crippen molar-refractivity contribution in [3.05, 3.63) is 81.7 Å². The van der Waals surface area contributed by atoms with Crippen molar-refractivity contribution in [3.8, 4) is 0 Å². The quantitative estimate of drug-likeness (QED) is 0.339. The molecule has 10 heteroatoms. The molecular weight excluding hydrogens is 493 g/mol. The van der Waals surface area contributed by atoms with Gasteiger partial charge in [-0.1, -0.05) is 78.1 Å². The highest BCUT2D eigenvalue weighted by Gasteiger charge is 2.33. The van der Waals surface area contributed by atoms with E-state index >= 15 is 0 Å². The summed E-state index contributed by atoms with van der Waals surface area (Å²) in [5, 5.41) is 1.98. The highest BCUT2D eigenvalue weighted by Crippen LogP contribution is 2.36. The number of nitrogens with zero attached hydrogens (tertiary/aromatic N) is 1. The molecule has 0 unspecified atom stereocenters. The van der Waals surface area contributed by atoms with Gasteiger partial charge in [-0.3, -0.25) is 14.5 Å². The molecule has 1 fully saturated rings. The van der Waals surface area contributed by atoms with Gasteiger partial charge in [0, 0.05) is 18.7 Å². The van der Waals surface area contributed by atoms with Crippen LogP contribution in [0.3, 0.4) is 0 Å². The third-order valence-corrected chi connectivity index (χ3v) is 6.28. The lowest BCUT2D eigenvalue weighted by Crippen LogP contribution is -2.29. The number of hydrogen-bond acceptors (Lipinski definition) is 4. The molecule has 172 valence electrons. The topological polar surface area (TPSA) is 49.4 Å². The van der Waals surface area contributed by atoms with Crippen LogP contribution in [0.4, 0.5) is 18.9 Å². The van der Waals surface area contributed by atoms with Gasteiger partial charge in [0.25, 0.3) is 5.91 Å². The van der Waals surface area contributed by atoms with E-state index < -0.39 is 22.7 Å². The van der Waals surface area contributed by atoms with Crippen molar-refractivity contribution in [3.63, 3.8) is 0 Å². The van der Waals surface area contributed by atoms with E-state index in [1.165, 1.54) is 22.7 Å². The fourth-order valence-corrected chi connectivity index (χ4v) is 4.44. The number of rotatable bonds is 7. The van der Waals surface area contributed by atoms with E-state index in [0.717, 1.165) is 17.7 Å². The van der Waals surface area contributed by atoms with E-state index in [9.17, 15) is 22.8 Å². The number of carbonyl (C=O) groups excluding carboxylic acids is 2. The SMILES string of the molecule is O=C(CCCN1C(=O)/C(=C/C=C/c2ccccc2)SC1=S)Nc1ccc(Cl)c(C(F)(F)F)c1. The van der Waals surface area contributed by atoms with Gasteiger partial charge in [0.15, 0.2) is 0 Å². The Labute approximate surface area is 203 Å². The lowest BCUT2D eigenvalue weighted by Gasteiger charge is -2.14. The molecule has 1 heterocycles. The Morgan fingerprint density at radius 3 is 2.61 bits per heavy atom. The van der Waals surface area contributed by atoms with Gasteiger partial charge in [0.05, 0.1) is 15.5 Å². The van der Waals surface area contributed by atoms with Crippen LogP contribution in [0.25, 0.3) is 6.08 Å². The zero-order valence-electron chi connectivity index (χ0n) is 17.1. The van der Waals surface area contributed by atoms with Gasteiger partial charge in [0.2, 0.25) is 5.91 Å². The minimum absolute atomic E-state index is 0.00419. The van der Waals surface area contributed by atoms with E-state index in [-0.39, 0.29) is 24.6 Å². The molecule has 1 saturated heterocycles. The molecule has 0 bridgehead atoms. The third-order valence-electron chi connectivity index (χ3n) is 4.55. The zero-order valence-corrected chi connectivity index (χ0v) is 19.5. The molecule has 1 aliphatic rings. The number of allylic oxidation sites excluding steroid dienone is 2. The van der Waals surface area contributed by atoms with Crippen LogP contribution in [0.5, 0.6) is 0 Å². The molecule has 2 aromatic carbocycles. The minimum atomic E-state index is -4.62. The Hall–Kier alpha value is -2.62. The van der Waals surface area contributed by atoms with E-state index in [1.807, 2.05) is 36.4 Å². The molecule has 2 aromatic rings. The van der Waals surface area contributed by atoms with E-state index in [2.05, 4.69) is 5.32 Å². The molecule has 1 N–H and O–H groups in total. The molecule has 1 aliphatic heterocycles.